The van der Waals surface area contributed by atoms with E-state index >= 15 is 0 Å². The lowest BCUT2D eigenvalue weighted by molar-refractivity contribution is 0.363. The molecule has 34 heavy (non-hydrogen) atoms. The summed E-state index contributed by atoms with van der Waals surface area (Å²) >= 11 is 0. The van der Waals surface area contributed by atoms with Crippen LogP contribution in [0.5, 0.6) is 11.8 Å². The van der Waals surface area contributed by atoms with Gasteiger partial charge in [0.2, 0.25) is 11.8 Å². The van der Waals surface area contributed by atoms with Gasteiger partial charge < -0.3 is 20.9 Å². The lowest BCUT2D eigenvalue weighted by Crippen LogP contribution is -2.18. The molecule has 0 aliphatic rings. The Balaban J connectivity index is 1.82. The maximum atomic E-state index is 12.8. The van der Waals surface area contributed by atoms with Gasteiger partial charge in [-0.15, -0.1) is 5.10 Å². The molecule has 11 heteroatoms. The highest BCUT2D eigenvalue weighted by molar-refractivity contribution is 5.94. The maximum Gasteiger partial charge on any atom is 0.349 e. The summed E-state index contributed by atoms with van der Waals surface area (Å²) in [6.07, 6.45) is 2.01. The highest BCUT2D eigenvalue weighted by atomic mass is 16.5. The highest BCUT2D eigenvalue weighted by Crippen LogP contribution is 2.30. The molecule has 0 aliphatic heterocycles. The topological polar surface area (TPSA) is 171 Å². The first kappa shape index (κ1) is 22.5. The monoisotopic (exact) mass is 460 g/mol. The van der Waals surface area contributed by atoms with Crippen molar-refractivity contribution in [3.05, 3.63) is 87.7 Å². The van der Waals surface area contributed by atoms with E-state index in [4.69, 9.17) is 26.4 Å². The molecular formula is C23H24N8O3. The molecule has 3 aromatic heterocycles. The minimum Gasteiger partial charge on any atom is -0.481 e. The van der Waals surface area contributed by atoms with E-state index in [1.54, 1.807) is 42.6 Å². The number of rotatable bonds is 8. The number of benzene rings is 1. The standard InChI is InChI=1S/C23H24N8O3/c1-33-18-11-15(12-19(28-18)34-2)16(10-13-5-7-14(8-6-13)20(25)26)21-29-23(32)31(30-21)22-17(24)4-3-9-27-22/h3-9,11-12,16H,10,24H2,1-2H3,(H3,25,26)(H,29,30,32). The summed E-state index contributed by atoms with van der Waals surface area (Å²) in [5, 5.41) is 12.1. The number of pyridine rings is 2. The number of ether oxygens (including phenoxy) is 2. The maximum absolute atomic E-state index is 12.8. The molecule has 0 fully saturated rings. The minimum absolute atomic E-state index is 0.0114. The molecule has 0 aliphatic carbocycles. The van der Waals surface area contributed by atoms with Crippen LogP contribution in [-0.4, -0.2) is 44.8 Å². The number of nitrogens with zero attached hydrogens (tertiary/aromatic N) is 4. The van der Waals surface area contributed by atoms with Crippen LogP contribution in [0.1, 0.15) is 28.4 Å². The largest absolute Gasteiger partial charge is 0.481 e. The van der Waals surface area contributed by atoms with Gasteiger partial charge in [-0.3, -0.25) is 10.4 Å². The smallest absolute Gasteiger partial charge is 0.349 e. The van der Waals surface area contributed by atoms with Gasteiger partial charge in [0.05, 0.1) is 19.9 Å². The van der Waals surface area contributed by atoms with Gasteiger partial charge in [-0.25, -0.2) is 9.78 Å². The van der Waals surface area contributed by atoms with Crippen LogP contribution >= 0.6 is 0 Å². The lowest BCUT2D eigenvalue weighted by atomic mass is 9.91. The first-order valence-electron chi connectivity index (χ1n) is 10.3. The molecule has 0 bridgehead atoms. The molecular weight excluding hydrogens is 436 g/mol. The molecule has 0 saturated heterocycles. The zero-order valence-electron chi connectivity index (χ0n) is 18.6. The molecule has 4 rings (SSSR count). The number of hydrogen-bond donors (Lipinski definition) is 4. The van der Waals surface area contributed by atoms with Crippen molar-refractivity contribution in [3.63, 3.8) is 0 Å². The number of H-pyrrole nitrogens is 1. The Bertz CT molecular complexity index is 1360. The molecule has 11 nitrogen and oxygen atoms in total. The third-order valence-electron chi connectivity index (χ3n) is 5.31. The van der Waals surface area contributed by atoms with Gasteiger partial charge in [0, 0.05) is 29.8 Å². The minimum atomic E-state index is -0.467. The fraction of sp³-hybridized carbons (Fsp3) is 0.174. The van der Waals surface area contributed by atoms with E-state index in [2.05, 4.69) is 20.1 Å². The Labute approximate surface area is 194 Å². The summed E-state index contributed by atoms with van der Waals surface area (Å²) in [5.41, 5.74) is 13.8. The summed E-state index contributed by atoms with van der Waals surface area (Å²) < 4.78 is 11.8. The van der Waals surface area contributed by atoms with E-state index in [0.29, 0.717) is 35.3 Å². The SMILES string of the molecule is COc1cc(C(Cc2ccc(C(=N)N)cc2)c2nn(-c3ncccc3N)c(=O)[nH]2)cc(OC)n1. The predicted octanol–water partition coefficient (Wildman–Crippen LogP) is 1.61. The van der Waals surface area contributed by atoms with Crippen molar-refractivity contribution < 1.29 is 9.47 Å². The molecule has 1 atom stereocenters. The van der Waals surface area contributed by atoms with Crippen molar-refractivity contribution in [2.24, 2.45) is 5.73 Å². The van der Waals surface area contributed by atoms with Crippen molar-refractivity contribution in [1.82, 2.24) is 24.7 Å². The van der Waals surface area contributed by atoms with Crippen molar-refractivity contribution in [2.75, 3.05) is 20.0 Å². The summed E-state index contributed by atoms with van der Waals surface area (Å²) in [5.74, 6) is 0.963. The van der Waals surface area contributed by atoms with Crippen LogP contribution in [0.2, 0.25) is 0 Å². The molecule has 0 saturated carbocycles. The van der Waals surface area contributed by atoms with E-state index in [-0.39, 0.29) is 11.7 Å². The Morgan fingerprint density at radius 1 is 1.15 bits per heavy atom. The number of amidine groups is 1. The summed E-state index contributed by atoms with van der Waals surface area (Å²) in [4.78, 5) is 24.1. The van der Waals surface area contributed by atoms with Crippen LogP contribution in [-0.2, 0) is 6.42 Å². The zero-order valence-corrected chi connectivity index (χ0v) is 18.6. The average Bonchev–Trinajstić information content (AvgIpc) is 3.23. The number of hydrogen-bond acceptors (Lipinski definition) is 8. The third kappa shape index (κ3) is 4.58. The van der Waals surface area contributed by atoms with Gasteiger partial charge in [-0.2, -0.15) is 9.67 Å². The Morgan fingerprint density at radius 2 is 1.82 bits per heavy atom. The van der Waals surface area contributed by atoms with E-state index in [0.717, 1.165) is 15.8 Å². The molecule has 6 N–H and O–H groups in total. The number of nitrogens with two attached hydrogens (primary N) is 2. The number of anilines is 1. The predicted molar refractivity (Wildman–Crippen MR) is 127 cm³/mol. The van der Waals surface area contributed by atoms with E-state index < -0.39 is 11.6 Å². The van der Waals surface area contributed by atoms with Gasteiger partial charge in [-0.1, -0.05) is 24.3 Å². The molecule has 3 heterocycles. The van der Waals surface area contributed by atoms with Crippen LogP contribution in [0.25, 0.3) is 5.82 Å². The van der Waals surface area contributed by atoms with E-state index in [1.165, 1.54) is 14.2 Å². The van der Waals surface area contributed by atoms with Crippen molar-refractivity contribution >= 4 is 11.5 Å². The van der Waals surface area contributed by atoms with Gasteiger partial charge in [0.1, 0.15) is 11.7 Å². The molecule has 1 unspecified atom stereocenters. The van der Waals surface area contributed by atoms with Gasteiger partial charge >= 0.3 is 5.69 Å². The average molecular weight is 460 g/mol. The van der Waals surface area contributed by atoms with Crippen molar-refractivity contribution in [3.8, 4) is 17.6 Å². The van der Waals surface area contributed by atoms with Crippen LogP contribution in [0, 0.1) is 5.41 Å². The molecule has 1 aromatic carbocycles. The number of nitrogens with one attached hydrogen (secondary N) is 2. The number of methoxy groups -OCH3 is 2. The molecule has 0 amide bonds. The number of aromatic nitrogens is 5. The van der Waals surface area contributed by atoms with E-state index in [9.17, 15) is 4.79 Å². The van der Waals surface area contributed by atoms with Crippen LogP contribution in [0.4, 0.5) is 5.69 Å². The quantitative estimate of drug-likeness (QED) is 0.227. The zero-order chi connectivity index (χ0) is 24.2. The van der Waals surface area contributed by atoms with Crippen LogP contribution in [0.15, 0.2) is 59.5 Å². The normalized spacial score (nSPS) is 11.7. The summed E-state index contributed by atoms with van der Waals surface area (Å²) in [6, 6.07) is 14.2. The van der Waals surface area contributed by atoms with Crippen LogP contribution in [0.3, 0.4) is 0 Å². The Morgan fingerprint density at radius 3 is 2.41 bits per heavy atom. The van der Waals surface area contributed by atoms with Gasteiger partial charge in [0.15, 0.2) is 5.82 Å². The number of aromatic amines is 1. The fourth-order valence-corrected chi connectivity index (χ4v) is 3.57. The molecule has 174 valence electrons. The molecule has 0 radical (unpaired) electrons. The first-order chi connectivity index (χ1) is 16.4. The second-order valence-electron chi connectivity index (χ2n) is 7.50. The van der Waals surface area contributed by atoms with E-state index in [1.807, 2.05) is 12.1 Å². The Hall–Kier alpha value is -4.67. The second-order valence-corrected chi connectivity index (χ2v) is 7.50. The summed E-state index contributed by atoms with van der Waals surface area (Å²) in [6.45, 7) is 0. The molecule has 4 aromatic rings. The van der Waals surface area contributed by atoms with Crippen LogP contribution < -0.4 is 26.6 Å². The van der Waals surface area contributed by atoms with Gasteiger partial charge in [-0.05, 0) is 29.7 Å². The van der Waals surface area contributed by atoms with Crippen molar-refractivity contribution in [2.45, 2.75) is 12.3 Å². The first-order valence-corrected chi connectivity index (χ1v) is 10.3. The Kier molecular flexibility index (Phi) is 6.26. The third-order valence-corrected chi connectivity index (χ3v) is 5.31. The molecule has 0 spiro atoms. The van der Waals surface area contributed by atoms with Gasteiger partial charge in [0.25, 0.3) is 0 Å². The highest BCUT2D eigenvalue weighted by Gasteiger charge is 2.23. The summed E-state index contributed by atoms with van der Waals surface area (Å²) in [7, 11) is 3.03. The van der Waals surface area contributed by atoms with Crippen molar-refractivity contribution in [1.29, 1.82) is 5.41 Å². The second kappa shape index (κ2) is 9.45. The lowest BCUT2D eigenvalue weighted by Gasteiger charge is -2.17. The fourth-order valence-electron chi connectivity index (χ4n) is 3.57. The number of nitrogen functional groups attached to an aromatic ring is 2.